The highest BCUT2D eigenvalue weighted by atomic mass is 16.7. The van der Waals surface area contributed by atoms with E-state index in [0.717, 1.165) is 37.6 Å². The Morgan fingerprint density at radius 3 is 2.89 bits per heavy atom. The Labute approximate surface area is 113 Å². The number of ether oxygens (including phenoxy) is 2. The molecule has 0 bridgehead atoms. The number of fused-ring (bicyclic) bond motifs is 1. The first-order valence-corrected chi connectivity index (χ1v) is 6.98. The summed E-state index contributed by atoms with van der Waals surface area (Å²) in [5.74, 6) is 2.15. The molecule has 1 fully saturated rings. The molecule has 1 aromatic rings. The first-order valence-electron chi connectivity index (χ1n) is 6.98. The fraction of sp³-hybridized carbons (Fsp3) is 0.600. The number of hydrogen-bond acceptors (Lipinski definition) is 4. The summed E-state index contributed by atoms with van der Waals surface area (Å²) in [4.78, 5) is 2.43. The second-order valence-electron chi connectivity index (χ2n) is 5.56. The van der Waals surface area contributed by atoms with Crippen LogP contribution in [0.15, 0.2) is 12.1 Å². The summed E-state index contributed by atoms with van der Waals surface area (Å²) in [5.41, 5.74) is 2.54. The predicted octanol–water partition coefficient (Wildman–Crippen LogP) is 1.93. The molecule has 4 nitrogen and oxygen atoms in total. The van der Waals surface area contributed by atoms with E-state index in [1.165, 1.54) is 17.5 Å². The molecule has 0 radical (unpaired) electrons. The topological polar surface area (TPSA) is 41.9 Å². The Morgan fingerprint density at radius 2 is 2.11 bits per heavy atom. The Bertz CT molecular complexity index is 461. The molecule has 1 saturated heterocycles. The van der Waals surface area contributed by atoms with Crippen molar-refractivity contribution >= 4 is 0 Å². The quantitative estimate of drug-likeness (QED) is 0.905. The molecular weight excluding hydrogens is 242 g/mol. The molecule has 104 valence electrons. The van der Waals surface area contributed by atoms with Gasteiger partial charge in [0.1, 0.15) is 0 Å². The third-order valence-corrected chi connectivity index (χ3v) is 4.09. The summed E-state index contributed by atoms with van der Waals surface area (Å²) in [5, 5.41) is 9.29. The van der Waals surface area contributed by atoms with Gasteiger partial charge in [0.15, 0.2) is 11.5 Å². The number of hydrogen-bond donors (Lipinski definition) is 1. The molecule has 3 rings (SSSR count). The fourth-order valence-electron chi connectivity index (χ4n) is 2.94. The molecule has 4 heteroatoms. The molecular formula is C15H21NO3. The highest BCUT2D eigenvalue weighted by molar-refractivity contribution is 5.48. The molecule has 2 heterocycles. The van der Waals surface area contributed by atoms with E-state index >= 15 is 0 Å². The fourth-order valence-corrected chi connectivity index (χ4v) is 2.94. The zero-order chi connectivity index (χ0) is 13.2. The maximum absolute atomic E-state index is 9.29. The van der Waals surface area contributed by atoms with Gasteiger partial charge in [-0.15, -0.1) is 0 Å². The minimum Gasteiger partial charge on any atom is -0.454 e. The number of piperidine rings is 1. The van der Waals surface area contributed by atoms with Crippen LogP contribution >= 0.6 is 0 Å². The molecule has 1 N–H and O–H groups in total. The van der Waals surface area contributed by atoms with E-state index in [4.69, 9.17) is 9.47 Å². The van der Waals surface area contributed by atoms with E-state index in [2.05, 4.69) is 24.0 Å². The second kappa shape index (κ2) is 5.39. The summed E-state index contributed by atoms with van der Waals surface area (Å²) in [7, 11) is 0. The molecule has 1 aromatic carbocycles. The van der Waals surface area contributed by atoms with Gasteiger partial charge in [-0.05, 0) is 55.5 Å². The monoisotopic (exact) mass is 263 g/mol. The van der Waals surface area contributed by atoms with Gasteiger partial charge < -0.3 is 14.6 Å². The zero-order valence-electron chi connectivity index (χ0n) is 11.4. The van der Waals surface area contributed by atoms with Gasteiger partial charge in [0.05, 0.1) is 0 Å². The molecule has 0 aliphatic carbocycles. The molecule has 1 atom stereocenters. The lowest BCUT2D eigenvalue weighted by atomic mass is 9.98. The average molecular weight is 263 g/mol. The van der Waals surface area contributed by atoms with E-state index in [1.54, 1.807) is 0 Å². The van der Waals surface area contributed by atoms with E-state index in [9.17, 15) is 5.11 Å². The highest BCUT2D eigenvalue weighted by Gasteiger charge is 2.21. The summed E-state index contributed by atoms with van der Waals surface area (Å²) in [6.07, 6.45) is 2.32. The first-order chi connectivity index (χ1) is 9.26. The molecule has 0 amide bonds. The zero-order valence-corrected chi connectivity index (χ0v) is 11.4. The SMILES string of the molecule is Cc1cc2c(cc1CN1CCC[C@H](CO)C1)OCO2. The van der Waals surface area contributed by atoms with Gasteiger partial charge in [0.2, 0.25) is 6.79 Å². The maximum atomic E-state index is 9.29. The highest BCUT2D eigenvalue weighted by Crippen LogP contribution is 2.35. The minimum atomic E-state index is 0.302. The Kier molecular flexibility index (Phi) is 3.62. The van der Waals surface area contributed by atoms with Crippen LogP contribution in [0.5, 0.6) is 11.5 Å². The average Bonchev–Trinajstić information content (AvgIpc) is 2.86. The molecule has 0 unspecified atom stereocenters. The van der Waals surface area contributed by atoms with Gasteiger partial charge >= 0.3 is 0 Å². The molecule has 2 aliphatic rings. The number of aliphatic hydroxyl groups is 1. The van der Waals surface area contributed by atoms with Gasteiger partial charge in [-0.25, -0.2) is 0 Å². The van der Waals surface area contributed by atoms with Crippen molar-refractivity contribution < 1.29 is 14.6 Å². The third-order valence-electron chi connectivity index (χ3n) is 4.09. The standard InChI is InChI=1S/C15H21NO3/c1-11-5-14-15(19-10-18-14)6-13(11)8-16-4-2-3-12(7-16)9-17/h5-6,12,17H,2-4,7-10H2,1H3/t12-/m0/s1. The Hall–Kier alpha value is -1.26. The van der Waals surface area contributed by atoms with Gasteiger partial charge in [-0.3, -0.25) is 4.90 Å². The van der Waals surface area contributed by atoms with E-state index in [0.29, 0.717) is 19.3 Å². The van der Waals surface area contributed by atoms with E-state index < -0.39 is 0 Å². The lowest BCUT2D eigenvalue weighted by molar-refractivity contribution is 0.115. The summed E-state index contributed by atoms with van der Waals surface area (Å²) < 4.78 is 10.8. The van der Waals surface area contributed by atoms with E-state index in [-0.39, 0.29) is 0 Å². The number of aliphatic hydroxyl groups excluding tert-OH is 1. The smallest absolute Gasteiger partial charge is 0.231 e. The van der Waals surface area contributed by atoms with Gasteiger partial charge in [0, 0.05) is 19.7 Å². The summed E-state index contributed by atoms with van der Waals surface area (Å²) in [6, 6.07) is 4.16. The molecule has 19 heavy (non-hydrogen) atoms. The summed E-state index contributed by atoms with van der Waals surface area (Å²) in [6.45, 7) is 5.78. The van der Waals surface area contributed by atoms with Crippen LogP contribution in [0.1, 0.15) is 24.0 Å². The van der Waals surface area contributed by atoms with E-state index in [1.807, 2.05) is 0 Å². The van der Waals surface area contributed by atoms with Crippen molar-refractivity contribution in [3.8, 4) is 11.5 Å². The van der Waals surface area contributed by atoms with Crippen LogP contribution in [0.2, 0.25) is 0 Å². The second-order valence-corrected chi connectivity index (χ2v) is 5.56. The van der Waals surface area contributed by atoms with Crippen molar-refractivity contribution in [1.82, 2.24) is 4.90 Å². The van der Waals surface area contributed by atoms with Crippen molar-refractivity contribution in [3.05, 3.63) is 23.3 Å². The number of nitrogens with zero attached hydrogens (tertiary/aromatic N) is 1. The van der Waals surface area contributed by atoms with Crippen LogP contribution in [0.3, 0.4) is 0 Å². The van der Waals surface area contributed by atoms with Crippen LogP contribution in [0.4, 0.5) is 0 Å². The van der Waals surface area contributed by atoms with Gasteiger partial charge in [0.25, 0.3) is 0 Å². The lowest BCUT2D eigenvalue weighted by Gasteiger charge is -2.32. The largest absolute Gasteiger partial charge is 0.454 e. The van der Waals surface area contributed by atoms with Crippen molar-refractivity contribution in [2.24, 2.45) is 5.92 Å². The first kappa shape index (κ1) is 12.8. The van der Waals surface area contributed by atoms with Crippen molar-refractivity contribution in [2.45, 2.75) is 26.3 Å². The van der Waals surface area contributed by atoms with Crippen LogP contribution < -0.4 is 9.47 Å². The molecule has 0 saturated carbocycles. The van der Waals surface area contributed by atoms with Crippen molar-refractivity contribution in [1.29, 1.82) is 0 Å². The third kappa shape index (κ3) is 2.69. The maximum Gasteiger partial charge on any atom is 0.231 e. The van der Waals surface area contributed by atoms with Gasteiger partial charge in [-0.2, -0.15) is 0 Å². The minimum absolute atomic E-state index is 0.302. The molecule has 0 spiro atoms. The Balaban J connectivity index is 1.72. The summed E-state index contributed by atoms with van der Waals surface area (Å²) >= 11 is 0. The van der Waals surface area contributed by atoms with Crippen molar-refractivity contribution in [3.63, 3.8) is 0 Å². The van der Waals surface area contributed by atoms with Crippen LogP contribution in [0.25, 0.3) is 0 Å². The molecule has 0 aromatic heterocycles. The van der Waals surface area contributed by atoms with Crippen molar-refractivity contribution in [2.75, 3.05) is 26.5 Å². The Morgan fingerprint density at radius 1 is 1.32 bits per heavy atom. The lowest BCUT2D eigenvalue weighted by Crippen LogP contribution is -2.36. The normalized spacial score (nSPS) is 22.7. The van der Waals surface area contributed by atoms with Crippen LogP contribution in [0, 0.1) is 12.8 Å². The predicted molar refractivity (Wildman–Crippen MR) is 72.4 cm³/mol. The van der Waals surface area contributed by atoms with Crippen LogP contribution in [-0.2, 0) is 6.54 Å². The number of likely N-dealkylation sites (tertiary alicyclic amines) is 1. The van der Waals surface area contributed by atoms with Gasteiger partial charge in [-0.1, -0.05) is 0 Å². The number of rotatable bonds is 3. The number of aryl methyl sites for hydroxylation is 1. The number of benzene rings is 1. The van der Waals surface area contributed by atoms with Crippen LogP contribution in [-0.4, -0.2) is 36.5 Å². The molecule has 2 aliphatic heterocycles.